The minimum Gasteiger partial charge on any atom is -0.497 e. The lowest BCUT2D eigenvalue weighted by Crippen LogP contribution is -2.19. The van der Waals surface area contributed by atoms with Crippen molar-refractivity contribution in [3.8, 4) is 22.8 Å². The van der Waals surface area contributed by atoms with Gasteiger partial charge in [-0.05, 0) is 30.4 Å². The van der Waals surface area contributed by atoms with Crippen molar-refractivity contribution in [1.82, 2.24) is 9.55 Å². The number of benzene rings is 1. The third-order valence-electron chi connectivity index (χ3n) is 3.07. The Morgan fingerprint density at radius 3 is 2.59 bits per heavy atom. The van der Waals surface area contributed by atoms with Crippen LogP contribution < -0.4 is 20.8 Å². The van der Waals surface area contributed by atoms with E-state index in [1.807, 2.05) is 0 Å². The summed E-state index contributed by atoms with van der Waals surface area (Å²) in [5.74, 6) is 1.29. The van der Waals surface area contributed by atoms with E-state index in [4.69, 9.17) is 27.4 Å². The van der Waals surface area contributed by atoms with Crippen LogP contribution in [0.25, 0.3) is 11.3 Å². The van der Waals surface area contributed by atoms with Crippen LogP contribution in [-0.4, -0.2) is 30.3 Å². The summed E-state index contributed by atoms with van der Waals surface area (Å²) in [5, 5.41) is 0. The Labute approximate surface area is 139 Å². The summed E-state index contributed by atoms with van der Waals surface area (Å²) in [4.78, 5) is 14.4. The number of nitrogens with one attached hydrogen (secondary N) is 1. The van der Waals surface area contributed by atoms with Crippen molar-refractivity contribution in [3.63, 3.8) is 0 Å². The van der Waals surface area contributed by atoms with Crippen LogP contribution in [-0.2, 0) is 6.54 Å². The molecule has 1 aromatic carbocycles. The van der Waals surface area contributed by atoms with Crippen LogP contribution in [0.4, 0.5) is 0 Å². The van der Waals surface area contributed by atoms with Gasteiger partial charge in [-0.25, -0.2) is 0 Å². The van der Waals surface area contributed by atoms with Crippen LogP contribution in [0, 0.1) is 4.77 Å². The average molecular weight is 344 g/mol. The van der Waals surface area contributed by atoms with Gasteiger partial charge in [-0.2, -0.15) is 0 Å². The fraction of sp³-hybridized carbons (Fsp3) is 0.286. The third kappa shape index (κ3) is 3.68. The SMILES string of the molecule is COc1ccc(OC)c(-c2cc(=O)[nH]c(=S)n2CCN)c1.Cl. The number of nitrogens with zero attached hydrogens (tertiary/aromatic N) is 1. The molecule has 3 N–H and O–H groups in total. The molecule has 1 heterocycles. The van der Waals surface area contributed by atoms with Gasteiger partial charge in [0.05, 0.1) is 19.9 Å². The Bertz CT molecular complexity index is 758. The zero-order chi connectivity index (χ0) is 15.4. The molecular weight excluding hydrogens is 326 g/mol. The van der Waals surface area contributed by atoms with Gasteiger partial charge in [-0.1, -0.05) is 0 Å². The Morgan fingerprint density at radius 2 is 2.00 bits per heavy atom. The van der Waals surface area contributed by atoms with Crippen LogP contribution in [0.2, 0.25) is 0 Å². The summed E-state index contributed by atoms with van der Waals surface area (Å²) in [6.45, 7) is 0.894. The average Bonchev–Trinajstić information content (AvgIpc) is 2.49. The molecule has 0 bridgehead atoms. The maximum Gasteiger partial charge on any atom is 0.252 e. The minimum absolute atomic E-state index is 0. The summed E-state index contributed by atoms with van der Waals surface area (Å²) in [6.07, 6.45) is 0. The first-order valence-electron chi connectivity index (χ1n) is 6.37. The lowest BCUT2D eigenvalue weighted by molar-refractivity contribution is 0.404. The molecule has 0 aliphatic rings. The molecule has 0 aliphatic carbocycles. The zero-order valence-corrected chi connectivity index (χ0v) is 13.9. The molecule has 2 aromatic rings. The van der Waals surface area contributed by atoms with E-state index in [9.17, 15) is 4.79 Å². The maximum atomic E-state index is 11.8. The van der Waals surface area contributed by atoms with Crippen molar-refractivity contribution in [2.24, 2.45) is 5.73 Å². The van der Waals surface area contributed by atoms with E-state index in [1.54, 1.807) is 37.0 Å². The number of nitrogens with two attached hydrogens (primary N) is 1. The summed E-state index contributed by atoms with van der Waals surface area (Å²) in [6, 6.07) is 6.85. The first-order chi connectivity index (χ1) is 10.1. The number of aromatic nitrogens is 2. The van der Waals surface area contributed by atoms with Gasteiger partial charge in [0.25, 0.3) is 5.56 Å². The minimum atomic E-state index is -0.270. The van der Waals surface area contributed by atoms with E-state index in [-0.39, 0.29) is 18.0 Å². The van der Waals surface area contributed by atoms with Crippen LogP contribution in [0.3, 0.4) is 0 Å². The molecule has 0 atom stereocenters. The summed E-state index contributed by atoms with van der Waals surface area (Å²) in [7, 11) is 3.15. The highest BCUT2D eigenvalue weighted by molar-refractivity contribution is 7.71. The number of halogens is 1. The van der Waals surface area contributed by atoms with Gasteiger partial charge in [0.15, 0.2) is 4.77 Å². The molecule has 120 valence electrons. The second kappa shape index (κ2) is 7.98. The van der Waals surface area contributed by atoms with Crippen molar-refractivity contribution in [3.05, 3.63) is 39.4 Å². The Morgan fingerprint density at radius 1 is 1.27 bits per heavy atom. The molecule has 6 nitrogen and oxygen atoms in total. The summed E-state index contributed by atoms with van der Waals surface area (Å²) in [5.41, 5.74) is 6.72. The highest BCUT2D eigenvalue weighted by atomic mass is 35.5. The van der Waals surface area contributed by atoms with Crippen LogP contribution in [0.15, 0.2) is 29.1 Å². The molecule has 0 saturated heterocycles. The number of H-pyrrole nitrogens is 1. The van der Waals surface area contributed by atoms with Crippen LogP contribution in [0.5, 0.6) is 11.5 Å². The lowest BCUT2D eigenvalue weighted by Gasteiger charge is -2.16. The monoisotopic (exact) mass is 343 g/mol. The number of rotatable bonds is 5. The number of aromatic amines is 1. The van der Waals surface area contributed by atoms with E-state index >= 15 is 0 Å². The maximum absolute atomic E-state index is 11.8. The molecular formula is C14H18ClN3O3S. The molecule has 0 aliphatic heterocycles. The normalized spacial score (nSPS) is 9.95. The van der Waals surface area contributed by atoms with Gasteiger partial charge in [0, 0.05) is 24.7 Å². The van der Waals surface area contributed by atoms with Gasteiger partial charge >= 0.3 is 0 Å². The topological polar surface area (TPSA) is 82.3 Å². The van der Waals surface area contributed by atoms with Gasteiger partial charge < -0.3 is 19.8 Å². The van der Waals surface area contributed by atoms with E-state index < -0.39 is 0 Å². The Hall–Kier alpha value is -1.83. The number of methoxy groups -OCH3 is 2. The summed E-state index contributed by atoms with van der Waals surface area (Å²) < 4.78 is 12.7. The Balaban J connectivity index is 0.00000242. The molecule has 0 radical (unpaired) electrons. The molecule has 0 amide bonds. The smallest absolute Gasteiger partial charge is 0.252 e. The summed E-state index contributed by atoms with van der Waals surface area (Å²) >= 11 is 5.21. The number of hydrogen-bond acceptors (Lipinski definition) is 5. The van der Waals surface area contributed by atoms with Crippen molar-refractivity contribution in [1.29, 1.82) is 0 Å². The van der Waals surface area contributed by atoms with Gasteiger partial charge in [-0.15, -0.1) is 12.4 Å². The molecule has 0 unspecified atom stereocenters. The predicted molar refractivity (Wildman–Crippen MR) is 90.7 cm³/mol. The van der Waals surface area contributed by atoms with E-state index in [1.165, 1.54) is 6.07 Å². The highest BCUT2D eigenvalue weighted by Gasteiger charge is 2.13. The third-order valence-corrected chi connectivity index (χ3v) is 3.39. The first kappa shape index (κ1) is 18.2. The number of ether oxygens (including phenoxy) is 2. The Kier molecular flexibility index (Phi) is 6.61. The molecule has 0 spiro atoms. The standard InChI is InChI=1S/C14H17N3O3S.ClH/c1-19-9-3-4-12(20-2)10(7-9)11-8-13(18)16-14(21)17(11)6-5-15;/h3-4,7-8H,5-6,15H2,1-2H3,(H,16,18,21);1H. The molecule has 0 fully saturated rings. The number of hydrogen-bond donors (Lipinski definition) is 2. The fourth-order valence-corrected chi connectivity index (χ4v) is 2.40. The molecule has 1 aromatic heterocycles. The molecule has 22 heavy (non-hydrogen) atoms. The van der Waals surface area contributed by atoms with Crippen molar-refractivity contribution >= 4 is 24.6 Å². The lowest BCUT2D eigenvalue weighted by atomic mass is 10.1. The zero-order valence-electron chi connectivity index (χ0n) is 12.3. The van der Waals surface area contributed by atoms with E-state index in [2.05, 4.69) is 4.98 Å². The molecule has 2 rings (SSSR count). The highest BCUT2D eigenvalue weighted by Crippen LogP contribution is 2.32. The van der Waals surface area contributed by atoms with E-state index in [0.717, 1.165) is 5.56 Å². The first-order valence-corrected chi connectivity index (χ1v) is 6.78. The largest absolute Gasteiger partial charge is 0.497 e. The predicted octanol–water partition coefficient (Wildman–Crippen LogP) is 1.97. The van der Waals surface area contributed by atoms with Crippen molar-refractivity contribution < 1.29 is 9.47 Å². The van der Waals surface area contributed by atoms with Gasteiger partial charge in [0.1, 0.15) is 11.5 Å². The molecule has 8 heteroatoms. The van der Waals surface area contributed by atoms with E-state index in [0.29, 0.717) is 35.1 Å². The fourth-order valence-electron chi connectivity index (χ4n) is 2.11. The second-order valence-electron chi connectivity index (χ2n) is 4.33. The second-order valence-corrected chi connectivity index (χ2v) is 4.72. The van der Waals surface area contributed by atoms with Crippen molar-refractivity contribution in [2.45, 2.75) is 6.54 Å². The van der Waals surface area contributed by atoms with Gasteiger partial charge in [-0.3, -0.25) is 9.78 Å². The van der Waals surface area contributed by atoms with Crippen LogP contribution >= 0.6 is 24.6 Å². The van der Waals surface area contributed by atoms with Crippen LogP contribution in [0.1, 0.15) is 0 Å². The molecule has 0 saturated carbocycles. The quantitative estimate of drug-likeness (QED) is 0.811. The van der Waals surface area contributed by atoms with Gasteiger partial charge in [0.2, 0.25) is 0 Å². The van der Waals surface area contributed by atoms with Crippen molar-refractivity contribution in [2.75, 3.05) is 20.8 Å².